The summed E-state index contributed by atoms with van der Waals surface area (Å²) in [5.41, 5.74) is 1.27. The van der Waals surface area contributed by atoms with Crippen molar-refractivity contribution in [2.45, 2.75) is 5.16 Å². The highest BCUT2D eigenvalue weighted by Gasteiger charge is 2.17. The summed E-state index contributed by atoms with van der Waals surface area (Å²) in [5.74, 6) is 1.27. The molecule has 1 amide bonds. The van der Waals surface area contributed by atoms with Crippen LogP contribution in [0.3, 0.4) is 0 Å². The molecule has 9 nitrogen and oxygen atoms in total. The number of hydrogen-bond donors (Lipinski definition) is 2. The molecule has 3 aromatic rings. The Morgan fingerprint density at radius 3 is 2.68 bits per heavy atom. The minimum Gasteiger partial charge on any atom is -0.508 e. The van der Waals surface area contributed by atoms with Crippen molar-refractivity contribution in [3.8, 4) is 22.9 Å². The zero-order valence-electron chi connectivity index (χ0n) is 14.3. The number of phenols is 1. The molecule has 0 saturated carbocycles. The molecule has 1 aromatic heterocycles. The number of anilines is 1. The lowest BCUT2D eigenvalue weighted by Gasteiger charge is -2.20. The van der Waals surface area contributed by atoms with Gasteiger partial charge >= 0.3 is 0 Å². The van der Waals surface area contributed by atoms with Gasteiger partial charge in [0, 0.05) is 16.6 Å². The molecular weight excluding hydrogens is 450 g/mol. The summed E-state index contributed by atoms with van der Waals surface area (Å²) in [6, 6.07) is 9.93. The number of benzene rings is 2. The number of ether oxygens (including phenoxy) is 2. The summed E-state index contributed by atoms with van der Waals surface area (Å²) in [5, 5.41) is 24.2. The number of carbonyl (C=O) groups is 1. The molecule has 2 N–H and O–H groups in total. The monoisotopic (exact) mass is 463 g/mol. The van der Waals surface area contributed by atoms with Crippen LogP contribution in [0.1, 0.15) is 0 Å². The van der Waals surface area contributed by atoms with Crippen molar-refractivity contribution in [2.24, 2.45) is 0 Å². The second-order valence-corrected chi connectivity index (χ2v) is 7.50. The van der Waals surface area contributed by atoms with E-state index in [0.717, 1.165) is 0 Å². The van der Waals surface area contributed by atoms with Gasteiger partial charge in [0.25, 0.3) is 0 Å². The number of halogens is 1. The van der Waals surface area contributed by atoms with Gasteiger partial charge < -0.3 is 19.9 Å². The minimum absolute atomic E-state index is 0.110. The first-order valence-electron chi connectivity index (χ1n) is 8.20. The van der Waals surface area contributed by atoms with Gasteiger partial charge in [0.2, 0.25) is 11.1 Å². The highest BCUT2D eigenvalue weighted by molar-refractivity contribution is 9.10. The average Bonchev–Trinajstić information content (AvgIpc) is 3.16. The number of fused-ring (bicyclic) bond motifs is 1. The summed E-state index contributed by atoms with van der Waals surface area (Å²) in [7, 11) is 0. The van der Waals surface area contributed by atoms with Crippen LogP contribution < -0.4 is 14.8 Å². The van der Waals surface area contributed by atoms with Gasteiger partial charge in [0.15, 0.2) is 11.5 Å². The van der Waals surface area contributed by atoms with Gasteiger partial charge in [-0.05, 0) is 50.6 Å². The number of aromatic hydroxyl groups is 1. The van der Waals surface area contributed by atoms with Crippen LogP contribution in [-0.2, 0) is 4.79 Å². The first-order valence-corrected chi connectivity index (χ1v) is 9.97. The van der Waals surface area contributed by atoms with Crippen molar-refractivity contribution in [3.05, 3.63) is 40.9 Å². The molecular formula is C17H14BrN5O4S. The predicted octanol–water partition coefficient (Wildman–Crippen LogP) is 2.63. The number of thioether (sulfide) groups is 1. The van der Waals surface area contributed by atoms with Crippen LogP contribution in [0.25, 0.3) is 5.69 Å². The molecule has 0 fully saturated rings. The van der Waals surface area contributed by atoms with Crippen molar-refractivity contribution < 1.29 is 19.4 Å². The summed E-state index contributed by atoms with van der Waals surface area (Å²) >= 11 is 4.62. The maximum absolute atomic E-state index is 12.4. The minimum atomic E-state index is -0.220. The molecule has 2 aromatic carbocycles. The molecule has 0 radical (unpaired) electrons. The van der Waals surface area contributed by atoms with E-state index in [0.29, 0.717) is 45.7 Å². The first kappa shape index (κ1) is 18.6. The second-order valence-electron chi connectivity index (χ2n) is 5.70. The number of nitrogens with one attached hydrogen (secondary N) is 1. The highest BCUT2D eigenvalue weighted by Crippen LogP contribution is 2.38. The van der Waals surface area contributed by atoms with E-state index >= 15 is 0 Å². The maximum Gasteiger partial charge on any atom is 0.234 e. The van der Waals surface area contributed by atoms with Crippen LogP contribution in [0.15, 0.2) is 46.0 Å². The topological polar surface area (TPSA) is 111 Å². The molecule has 0 atom stereocenters. The lowest BCUT2D eigenvalue weighted by atomic mass is 10.2. The van der Waals surface area contributed by atoms with Gasteiger partial charge in [-0.3, -0.25) is 4.79 Å². The van der Waals surface area contributed by atoms with Gasteiger partial charge in [0.1, 0.15) is 19.0 Å². The summed E-state index contributed by atoms with van der Waals surface area (Å²) in [6.07, 6.45) is 0. The highest BCUT2D eigenvalue weighted by atomic mass is 79.9. The third-order valence-corrected chi connectivity index (χ3v) is 5.35. The van der Waals surface area contributed by atoms with Crippen molar-refractivity contribution in [3.63, 3.8) is 0 Å². The first-order chi connectivity index (χ1) is 13.6. The Labute approximate surface area is 172 Å². The quantitative estimate of drug-likeness (QED) is 0.555. The standard InChI is InChI=1S/C17H14BrN5O4S/c18-12-7-14-15(27-6-5-26-14)8-13(12)19-16(25)9-28-17-20-21-22-23(17)10-1-3-11(24)4-2-10/h1-4,7-8,24H,5-6,9H2,(H,19,25). The van der Waals surface area contributed by atoms with Gasteiger partial charge in [0.05, 0.1) is 17.1 Å². The Bertz CT molecular complexity index is 1010. The predicted molar refractivity (Wildman–Crippen MR) is 105 cm³/mol. The molecule has 0 spiro atoms. The lowest BCUT2D eigenvalue weighted by molar-refractivity contribution is -0.113. The third-order valence-electron chi connectivity index (χ3n) is 3.77. The normalized spacial score (nSPS) is 12.6. The molecule has 0 saturated heterocycles. The number of phenolic OH excluding ortho intramolecular Hbond substituents is 1. The summed E-state index contributed by atoms with van der Waals surface area (Å²) in [6.45, 7) is 0.968. The van der Waals surface area contributed by atoms with Crippen LogP contribution in [0, 0.1) is 0 Å². The lowest BCUT2D eigenvalue weighted by Crippen LogP contribution is -2.18. The van der Waals surface area contributed by atoms with E-state index in [4.69, 9.17) is 9.47 Å². The van der Waals surface area contributed by atoms with E-state index in [-0.39, 0.29) is 17.4 Å². The molecule has 28 heavy (non-hydrogen) atoms. The zero-order valence-corrected chi connectivity index (χ0v) is 16.7. The van der Waals surface area contributed by atoms with Gasteiger partial charge in [-0.2, -0.15) is 4.68 Å². The summed E-state index contributed by atoms with van der Waals surface area (Å²) in [4.78, 5) is 12.4. The fourth-order valence-electron chi connectivity index (χ4n) is 2.50. The summed E-state index contributed by atoms with van der Waals surface area (Å²) < 4.78 is 13.2. The Balaban J connectivity index is 1.42. The smallest absolute Gasteiger partial charge is 0.234 e. The maximum atomic E-state index is 12.4. The van der Waals surface area contributed by atoms with Crippen LogP contribution in [0.4, 0.5) is 5.69 Å². The Kier molecular flexibility index (Phi) is 5.35. The van der Waals surface area contributed by atoms with Gasteiger partial charge in [-0.1, -0.05) is 11.8 Å². The molecule has 2 heterocycles. The van der Waals surface area contributed by atoms with Gasteiger partial charge in [-0.25, -0.2) is 0 Å². The second kappa shape index (κ2) is 8.07. The van der Waals surface area contributed by atoms with Crippen LogP contribution in [0.5, 0.6) is 17.2 Å². The average molecular weight is 464 g/mol. The van der Waals surface area contributed by atoms with Crippen LogP contribution >= 0.6 is 27.7 Å². The number of carbonyl (C=O) groups excluding carboxylic acids is 1. The van der Waals surface area contributed by atoms with E-state index in [9.17, 15) is 9.90 Å². The molecule has 4 rings (SSSR count). The molecule has 0 aliphatic carbocycles. The molecule has 11 heteroatoms. The molecule has 1 aliphatic rings. The Morgan fingerprint density at radius 2 is 1.93 bits per heavy atom. The molecule has 0 bridgehead atoms. The Morgan fingerprint density at radius 1 is 1.21 bits per heavy atom. The fraction of sp³-hybridized carbons (Fsp3) is 0.176. The van der Waals surface area contributed by atoms with E-state index in [1.54, 1.807) is 24.3 Å². The van der Waals surface area contributed by atoms with E-state index < -0.39 is 0 Å². The number of amides is 1. The zero-order chi connectivity index (χ0) is 19.5. The van der Waals surface area contributed by atoms with Crippen molar-refractivity contribution in [1.82, 2.24) is 20.2 Å². The number of tetrazole rings is 1. The number of hydrogen-bond acceptors (Lipinski definition) is 8. The van der Waals surface area contributed by atoms with Gasteiger partial charge in [-0.15, -0.1) is 5.10 Å². The molecule has 0 unspecified atom stereocenters. The van der Waals surface area contributed by atoms with Crippen molar-refractivity contribution in [2.75, 3.05) is 24.3 Å². The van der Waals surface area contributed by atoms with E-state index in [1.165, 1.54) is 28.6 Å². The van der Waals surface area contributed by atoms with Crippen LogP contribution in [-0.4, -0.2) is 50.2 Å². The largest absolute Gasteiger partial charge is 0.508 e. The van der Waals surface area contributed by atoms with E-state index in [1.807, 2.05) is 0 Å². The SMILES string of the molecule is O=C(CSc1nnnn1-c1ccc(O)cc1)Nc1cc2c(cc1Br)OCCO2. The number of rotatable bonds is 5. The fourth-order valence-corrected chi connectivity index (χ4v) is 3.61. The number of nitrogens with zero attached hydrogens (tertiary/aromatic N) is 4. The number of aromatic nitrogens is 4. The van der Waals surface area contributed by atoms with Crippen molar-refractivity contribution >= 4 is 39.3 Å². The molecule has 1 aliphatic heterocycles. The third kappa shape index (κ3) is 4.04. The van der Waals surface area contributed by atoms with Crippen molar-refractivity contribution in [1.29, 1.82) is 0 Å². The Hall–Kier alpha value is -2.79. The van der Waals surface area contributed by atoms with E-state index in [2.05, 4.69) is 36.8 Å². The van der Waals surface area contributed by atoms with Crippen LogP contribution in [0.2, 0.25) is 0 Å². The molecule has 144 valence electrons.